The van der Waals surface area contributed by atoms with Crippen molar-refractivity contribution in [3.05, 3.63) is 16.3 Å². The molecule has 22 heavy (non-hydrogen) atoms. The number of aromatic nitrogens is 3. The second kappa shape index (κ2) is 7.47. The molecule has 1 aromatic rings. The van der Waals surface area contributed by atoms with E-state index in [0.717, 1.165) is 32.1 Å². The third-order valence-electron chi connectivity index (χ3n) is 4.15. The highest BCUT2D eigenvalue weighted by Gasteiger charge is 2.30. The van der Waals surface area contributed by atoms with Gasteiger partial charge in [0, 0.05) is 12.6 Å². The Balaban J connectivity index is 1.98. The highest BCUT2D eigenvalue weighted by atomic mass is 16.2. The minimum Gasteiger partial charge on any atom is -0.336 e. The molecule has 2 heterocycles. The van der Waals surface area contributed by atoms with Crippen molar-refractivity contribution in [2.75, 3.05) is 6.54 Å². The summed E-state index contributed by atoms with van der Waals surface area (Å²) >= 11 is 0. The van der Waals surface area contributed by atoms with Gasteiger partial charge in [0.2, 0.25) is 0 Å². The van der Waals surface area contributed by atoms with Gasteiger partial charge in [-0.1, -0.05) is 13.8 Å². The van der Waals surface area contributed by atoms with Crippen LogP contribution in [0.5, 0.6) is 0 Å². The summed E-state index contributed by atoms with van der Waals surface area (Å²) in [5, 5.41) is 9.44. The van der Waals surface area contributed by atoms with Gasteiger partial charge in [0.05, 0.1) is 6.04 Å². The van der Waals surface area contributed by atoms with Gasteiger partial charge in [-0.2, -0.15) is 5.10 Å². The predicted molar refractivity (Wildman–Crippen MR) is 84.6 cm³/mol. The third-order valence-corrected chi connectivity index (χ3v) is 4.15. The van der Waals surface area contributed by atoms with Gasteiger partial charge in [0.1, 0.15) is 0 Å². The maximum atomic E-state index is 12.5. The van der Waals surface area contributed by atoms with Crippen molar-refractivity contribution in [2.45, 2.75) is 65.0 Å². The lowest BCUT2D eigenvalue weighted by atomic mass is 10.0. The van der Waals surface area contributed by atoms with Crippen molar-refractivity contribution >= 4 is 6.03 Å². The largest absolute Gasteiger partial charge is 0.340 e. The molecule has 124 valence electrons. The van der Waals surface area contributed by atoms with Gasteiger partial charge in [-0.25, -0.2) is 14.7 Å². The number of carbonyl (C=O) groups is 1. The van der Waals surface area contributed by atoms with Crippen molar-refractivity contribution in [1.82, 2.24) is 25.4 Å². The maximum absolute atomic E-state index is 12.5. The number of nitrogens with zero attached hydrogens (tertiary/aromatic N) is 2. The van der Waals surface area contributed by atoms with E-state index in [1.807, 2.05) is 6.92 Å². The summed E-state index contributed by atoms with van der Waals surface area (Å²) in [4.78, 5) is 28.2. The average Bonchev–Trinajstić information content (AvgIpc) is 2.91. The van der Waals surface area contributed by atoms with Crippen molar-refractivity contribution < 1.29 is 4.79 Å². The zero-order valence-electron chi connectivity index (χ0n) is 13.7. The van der Waals surface area contributed by atoms with Gasteiger partial charge in [-0.05, 0) is 44.9 Å². The molecule has 0 aromatic carbocycles. The molecular formula is C15H27N5O2. The molecule has 7 heteroatoms. The van der Waals surface area contributed by atoms with Crippen molar-refractivity contribution in [3.8, 4) is 0 Å². The minimum atomic E-state index is -0.328. The first-order valence-electron chi connectivity index (χ1n) is 8.19. The number of H-pyrrole nitrogens is 2. The molecule has 0 saturated carbocycles. The van der Waals surface area contributed by atoms with Crippen molar-refractivity contribution in [1.29, 1.82) is 0 Å². The molecule has 0 bridgehead atoms. The first-order chi connectivity index (χ1) is 10.5. The molecule has 0 unspecified atom stereocenters. The Morgan fingerprint density at radius 2 is 2.14 bits per heavy atom. The smallest absolute Gasteiger partial charge is 0.336 e. The molecule has 1 saturated heterocycles. The molecule has 1 fully saturated rings. The van der Waals surface area contributed by atoms with Crippen molar-refractivity contribution in [3.63, 3.8) is 0 Å². The molecule has 1 aliphatic rings. The lowest BCUT2D eigenvalue weighted by Gasteiger charge is -2.35. The monoisotopic (exact) mass is 309 g/mol. The fourth-order valence-electron chi connectivity index (χ4n) is 2.85. The van der Waals surface area contributed by atoms with Gasteiger partial charge >= 0.3 is 11.7 Å². The van der Waals surface area contributed by atoms with Crippen LogP contribution in [0.25, 0.3) is 0 Å². The van der Waals surface area contributed by atoms with Crippen LogP contribution >= 0.6 is 0 Å². The summed E-state index contributed by atoms with van der Waals surface area (Å²) in [5.74, 6) is 1.19. The standard InChI is InChI=1S/C15H27N5O2/c1-10(2)7-8-11(3)16-15(22)20-9-5-4-6-12(20)13-17-14(21)19-18-13/h10-12H,4-9H2,1-3H3,(H,16,22)(H2,17,18,19,21)/t11-,12-/m1/s1. The van der Waals surface area contributed by atoms with E-state index >= 15 is 0 Å². The molecule has 3 N–H and O–H groups in total. The number of likely N-dealkylation sites (tertiary alicyclic amines) is 1. The van der Waals surface area contributed by atoms with Crippen molar-refractivity contribution in [2.24, 2.45) is 5.92 Å². The summed E-state index contributed by atoms with van der Waals surface area (Å²) in [6, 6.07) is -0.0643. The van der Waals surface area contributed by atoms with Gasteiger partial charge < -0.3 is 10.2 Å². The fourth-order valence-corrected chi connectivity index (χ4v) is 2.85. The predicted octanol–water partition coefficient (Wildman–Crippen LogP) is 2.16. The average molecular weight is 309 g/mol. The SMILES string of the molecule is CC(C)CC[C@@H](C)NC(=O)N1CCCC[C@@H]1c1n[nH]c(=O)[nH]1. The lowest BCUT2D eigenvalue weighted by molar-refractivity contribution is 0.144. The summed E-state index contributed by atoms with van der Waals surface area (Å²) in [5.41, 5.74) is -0.328. The normalized spacial score (nSPS) is 20.2. The van der Waals surface area contributed by atoms with Crippen LogP contribution in [-0.2, 0) is 0 Å². The number of amides is 2. The highest BCUT2D eigenvalue weighted by molar-refractivity contribution is 5.75. The zero-order valence-corrected chi connectivity index (χ0v) is 13.7. The number of carbonyl (C=O) groups excluding carboxylic acids is 1. The van der Waals surface area contributed by atoms with Crippen LogP contribution in [0.15, 0.2) is 4.79 Å². The number of nitrogens with one attached hydrogen (secondary N) is 3. The van der Waals surface area contributed by atoms with E-state index in [1.54, 1.807) is 4.90 Å². The molecule has 2 atom stereocenters. The maximum Gasteiger partial charge on any atom is 0.340 e. The van der Waals surface area contributed by atoms with Crippen LogP contribution in [-0.4, -0.2) is 38.7 Å². The summed E-state index contributed by atoms with van der Waals surface area (Å²) in [7, 11) is 0. The van der Waals surface area contributed by atoms with Gasteiger partial charge in [0.15, 0.2) is 5.82 Å². The van der Waals surface area contributed by atoms with E-state index in [1.165, 1.54) is 0 Å². The van der Waals surface area contributed by atoms with E-state index in [0.29, 0.717) is 18.3 Å². The first-order valence-corrected chi connectivity index (χ1v) is 8.19. The second-order valence-electron chi connectivity index (χ2n) is 6.59. The highest BCUT2D eigenvalue weighted by Crippen LogP contribution is 2.28. The zero-order chi connectivity index (χ0) is 16.1. The van der Waals surface area contributed by atoms with E-state index in [2.05, 4.69) is 34.3 Å². The van der Waals surface area contributed by atoms with Crippen LogP contribution in [0.2, 0.25) is 0 Å². The first kappa shape index (κ1) is 16.6. The Labute approximate surface area is 130 Å². The summed E-state index contributed by atoms with van der Waals surface area (Å²) < 4.78 is 0. The van der Waals surface area contributed by atoms with Crippen LogP contribution in [0.3, 0.4) is 0 Å². The number of hydrogen-bond donors (Lipinski definition) is 3. The van der Waals surface area contributed by atoms with Crippen LogP contribution in [0.1, 0.15) is 64.7 Å². The molecule has 2 rings (SSSR count). The minimum absolute atomic E-state index is 0.0650. The molecule has 0 spiro atoms. The Morgan fingerprint density at radius 1 is 1.36 bits per heavy atom. The van der Waals surface area contributed by atoms with Crippen LogP contribution in [0.4, 0.5) is 4.79 Å². The number of piperidine rings is 1. The number of aromatic amines is 2. The Hall–Kier alpha value is -1.79. The van der Waals surface area contributed by atoms with E-state index in [-0.39, 0.29) is 23.8 Å². The van der Waals surface area contributed by atoms with E-state index < -0.39 is 0 Å². The number of rotatable bonds is 5. The Bertz CT molecular complexity index is 536. The summed E-state index contributed by atoms with van der Waals surface area (Å²) in [6.45, 7) is 7.10. The lowest BCUT2D eigenvalue weighted by Crippen LogP contribution is -2.47. The molecule has 1 aromatic heterocycles. The topological polar surface area (TPSA) is 93.9 Å². The molecule has 0 radical (unpaired) electrons. The molecular weight excluding hydrogens is 282 g/mol. The second-order valence-corrected chi connectivity index (χ2v) is 6.59. The Kier molecular flexibility index (Phi) is 5.63. The van der Waals surface area contributed by atoms with Crippen LogP contribution in [0, 0.1) is 5.92 Å². The van der Waals surface area contributed by atoms with Crippen LogP contribution < -0.4 is 11.0 Å². The molecule has 7 nitrogen and oxygen atoms in total. The van der Waals surface area contributed by atoms with E-state index in [4.69, 9.17) is 0 Å². The summed E-state index contributed by atoms with van der Waals surface area (Å²) in [6.07, 6.45) is 4.92. The quantitative estimate of drug-likeness (QED) is 0.778. The molecule has 1 aliphatic heterocycles. The third kappa shape index (κ3) is 4.35. The van der Waals surface area contributed by atoms with E-state index in [9.17, 15) is 9.59 Å². The number of urea groups is 1. The molecule has 0 aliphatic carbocycles. The van der Waals surface area contributed by atoms with Gasteiger partial charge in [-0.3, -0.25) is 4.98 Å². The molecule has 2 amide bonds. The Morgan fingerprint density at radius 3 is 2.77 bits per heavy atom. The van der Waals surface area contributed by atoms with Gasteiger partial charge in [-0.15, -0.1) is 0 Å². The number of hydrogen-bond acceptors (Lipinski definition) is 3. The fraction of sp³-hybridized carbons (Fsp3) is 0.800. The van der Waals surface area contributed by atoms with Gasteiger partial charge in [0.25, 0.3) is 0 Å².